The van der Waals surface area contributed by atoms with Crippen molar-refractivity contribution in [1.82, 2.24) is 30.1 Å². The molecule has 1 aliphatic carbocycles. The molecule has 2 aliphatic rings. The maximum atomic E-state index is 14.6. The van der Waals surface area contributed by atoms with Gasteiger partial charge in [0.1, 0.15) is 35.2 Å². The molecule has 23 nitrogen and oxygen atoms in total. The fraction of sp³-hybridized carbons (Fsp3) is 0.648. The second-order valence-electron chi connectivity index (χ2n) is 21.9. The van der Waals surface area contributed by atoms with Crippen LogP contribution in [0.1, 0.15) is 113 Å². The van der Waals surface area contributed by atoms with Gasteiger partial charge in [0.15, 0.2) is 0 Å². The van der Waals surface area contributed by atoms with E-state index >= 15 is 0 Å². The number of sulfonamides is 1. The highest BCUT2D eigenvalue weighted by Gasteiger charge is 2.45. The van der Waals surface area contributed by atoms with Crippen molar-refractivity contribution in [2.24, 2.45) is 23.7 Å². The van der Waals surface area contributed by atoms with Crippen LogP contribution in [0.25, 0.3) is 0 Å². The van der Waals surface area contributed by atoms with Gasteiger partial charge in [-0.25, -0.2) is 18.0 Å². The summed E-state index contributed by atoms with van der Waals surface area (Å²) in [5.74, 6) is -4.76. The molecule has 6 amide bonds. The Morgan fingerprint density at radius 3 is 1.86 bits per heavy atom. The topological polar surface area (TPSA) is 289 Å². The normalized spacial score (nSPS) is 17.8. The molecule has 2 fully saturated rings. The van der Waals surface area contributed by atoms with Crippen molar-refractivity contribution < 1.29 is 70.6 Å². The maximum Gasteiger partial charge on any atom is 0.519 e. The minimum atomic E-state index is -4.04. The lowest BCUT2D eigenvalue weighted by atomic mass is 9.89. The van der Waals surface area contributed by atoms with Crippen LogP contribution in [-0.4, -0.2) is 158 Å². The molecule has 0 bridgehead atoms. The highest BCUT2D eigenvalue weighted by Crippen LogP contribution is 2.31. The molecular formula is C54H81N7O16S. The SMILES string of the molecule is CC[C@H](C)[C@@H]([C@@H](CC(=O)N1CCC[C@H]1[C@H](OC)[C@@H](C)C(=O)N[C@@H](Cc1ccc(OC(=O)Oc2ccc([N+](=O)[O-])cc2)cc1)C(=O)NS(=O)(=O)C1CC1)OC)N(C)C(=O)[C@@H](NC(=O)[C@H](C(C)C)N(C)C(=O)OC(C)(C)C)C(C)C. The van der Waals surface area contributed by atoms with Crippen LogP contribution >= 0.6 is 0 Å². The first-order valence-corrected chi connectivity index (χ1v) is 28.0. The van der Waals surface area contributed by atoms with Gasteiger partial charge in [0.05, 0.1) is 46.8 Å². The van der Waals surface area contributed by atoms with Crippen LogP contribution in [0.3, 0.4) is 0 Å². The molecule has 1 saturated carbocycles. The minimum Gasteiger partial charge on any atom is -0.444 e. The zero-order valence-corrected chi connectivity index (χ0v) is 48.2. The highest BCUT2D eigenvalue weighted by atomic mass is 32.2. The first-order chi connectivity index (χ1) is 36.4. The molecule has 0 unspecified atom stereocenters. The van der Waals surface area contributed by atoms with Crippen molar-refractivity contribution in [3.8, 4) is 11.5 Å². The number of benzene rings is 2. The van der Waals surface area contributed by atoms with E-state index in [0.717, 1.165) is 12.1 Å². The largest absolute Gasteiger partial charge is 0.519 e. The van der Waals surface area contributed by atoms with Crippen LogP contribution in [0, 0.1) is 33.8 Å². The number of likely N-dealkylation sites (N-methyl/N-ethyl adjacent to an activating group) is 2. The van der Waals surface area contributed by atoms with Crippen molar-refractivity contribution in [3.05, 3.63) is 64.2 Å². The molecule has 78 heavy (non-hydrogen) atoms. The average molecular weight is 1120 g/mol. The van der Waals surface area contributed by atoms with Gasteiger partial charge in [-0.15, -0.1) is 0 Å². The van der Waals surface area contributed by atoms with Gasteiger partial charge in [0.2, 0.25) is 33.7 Å². The number of hydrogen-bond acceptors (Lipinski definition) is 16. The Morgan fingerprint density at radius 1 is 0.795 bits per heavy atom. The van der Waals surface area contributed by atoms with E-state index in [1.165, 1.54) is 67.5 Å². The van der Waals surface area contributed by atoms with Crippen molar-refractivity contribution >= 4 is 57.5 Å². The fourth-order valence-corrected chi connectivity index (χ4v) is 11.0. The third-order valence-electron chi connectivity index (χ3n) is 14.1. The molecule has 1 heterocycles. The molecular weight excluding hydrogens is 1030 g/mol. The summed E-state index contributed by atoms with van der Waals surface area (Å²) < 4.78 is 55.9. The number of ether oxygens (including phenoxy) is 5. The van der Waals surface area contributed by atoms with Crippen molar-refractivity contribution in [1.29, 1.82) is 0 Å². The van der Waals surface area contributed by atoms with E-state index in [0.29, 0.717) is 44.2 Å². The number of nitro groups is 1. The second kappa shape index (κ2) is 28.0. The van der Waals surface area contributed by atoms with Crippen LogP contribution in [0.15, 0.2) is 48.5 Å². The summed E-state index contributed by atoms with van der Waals surface area (Å²) in [6.07, 6.45) is -1.49. The van der Waals surface area contributed by atoms with E-state index < -0.39 is 110 Å². The molecule has 0 radical (unpaired) electrons. The van der Waals surface area contributed by atoms with Crippen LogP contribution in [0.4, 0.5) is 15.3 Å². The second-order valence-corrected chi connectivity index (χ2v) is 23.9. The summed E-state index contributed by atoms with van der Waals surface area (Å²) in [6.45, 7) is 18.2. The van der Waals surface area contributed by atoms with E-state index in [2.05, 4.69) is 15.4 Å². The molecule has 1 saturated heterocycles. The first-order valence-electron chi connectivity index (χ1n) is 26.4. The first kappa shape index (κ1) is 64.1. The van der Waals surface area contributed by atoms with Gasteiger partial charge in [0.25, 0.3) is 11.6 Å². The van der Waals surface area contributed by atoms with Gasteiger partial charge in [-0.2, -0.15) is 0 Å². The Hall–Kier alpha value is -6.40. The lowest BCUT2D eigenvalue weighted by molar-refractivity contribution is -0.384. The number of non-ortho nitro benzene ring substituents is 1. The number of likely N-dealkylation sites (tertiary alicyclic amines) is 1. The standard InChI is InChI=1S/C54H81N7O16S/c1-15-33(6)46(58(11)51(66)44(31(2)3)56-50(65)45(32(4)5)59(12)52(67)77-54(8,9)10)42(73-13)30-43(62)60-28-16-17-41(60)47(74-14)34(7)48(63)55-40(49(64)57-78(71,72)39-26-27-39)29-35-18-22-37(23-19-35)75-53(68)76-38-24-20-36(21-25-38)61(69)70/h18-25,31-34,39-42,44-47H,15-17,26-30H2,1-14H3,(H,55,63)(H,56,65)(H,57,64)/t33-,34+,40-,41-,42+,44-,45-,46-,47+/m0/s1. The molecule has 434 valence electrons. The number of methoxy groups -OCH3 is 2. The van der Waals surface area contributed by atoms with Gasteiger partial charge < -0.3 is 44.1 Å². The van der Waals surface area contributed by atoms with Crippen molar-refractivity contribution in [2.45, 2.75) is 167 Å². The minimum absolute atomic E-state index is 0.000602. The number of nitrogens with one attached hydrogen (secondary N) is 3. The number of hydrogen-bond donors (Lipinski definition) is 3. The summed E-state index contributed by atoms with van der Waals surface area (Å²) >= 11 is 0. The summed E-state index contributed by atoms with van der Waals surface area (Å²) in [6, 6.07) is 5.94. The Bertz CT molecular complexity index is 2530. The van der Waals surface area contributed by atoms with E-state index in [9.17, 15) is 52.1 Å². The zero-order chi connectivity index (χ0) is 58.6. The third-order valence-corrected chi connectivity index (χ3v) is 16.0. The van der Waals surface area contributed by atoms with Gasteiger partial charge in [-0.3, -0.25) is 43.7 Å². The fourth-order valence-electron chi connectivity index (χ4n) is 9.61. The van der Waals surface area contributed by atoms with Gasteiger partial charge >= 0.3 is 12.2 Å². The Balaban J connectivity index is 1.50. The molecule has 1 aliphatic heterocycles. The molecule has 4 rings (SSSR count). The third kappa shape index (κ3) is 17.6. The molecule has 2 aromatic carbocycles. The number of rotatable bonds is 26. The zero-order valence-electron chi connectivity index (χ0n) is 47.4. The Labute approximate surface area is 458 Å². The van der Waals surface area contributed by atoms with Crippen LogP contribution < -0.4 is 24.8 Å². The van der Waals surface area contributed by atoms with Crippen LogP contribution in [0.2, 0.25) is 0 Å². The molecule has 3 N–H and O–H groups in total. The van der Waals surface area contributed by atoms with Gasteiger partial charge in [-0.1, -0.05) is 67.0 Å². The monoisotopic (exact) mass is 1120 g/mol. The average Bonchev–Trinajstić information content (AvgIpc) is 4.13. The predicted octanol–water partition coefficient (Wildman–Crippen LogP) is 5.76. The highest BCUT2D eigenvalue weighted by molar-refractivity contribution is 7.90. The van der Waals surface area contributed by atoms with Crippen LogP contribution in [-0.2, 0) is 54.6 Å². The number of amides is 6. The Morgan fingerprint density at radius 2 is 1.37 bits per heavy atom. The number of carbonyl (C=O) groups is 7. The number of nitrogens with zero attached hydrogens (tertiary/aromatic N) is 4. The lowest BCUT2D eigenvalue weighted by Crippen LogP contribution is -2.60. The summed E-state index contributed by atoms with van der Waals surface area (Å²) in [5, 5.41) is 15.9. The Kier molecular flexibility index (Phi) is 23.0. The van der Waals surface area contributed by atoms with Gasteiger partial charge in [-0.05, 0) is 94.0 Å². The smallest absolute Gasteiger partial charge is 0.444 e. The van der Waals surface area contributed by atoms with E-state index in [1.807, 2.05) is 13.8 Å². The van der Waals surface area contributed by atoms with E-state index in [4.69, 9.17) is 23.7 Å². The maximum absolute atomic E-state index is 14.6. The van der Waals surface area contributed by atoms with Crippen molar-refractivity contribution in [2.75, 3.05) is 34.9 Å². The lowest BCUT2D eigenvalue weighted by Gasteiger charge is -2.41. The number of carbonyl (C=O) groups excluding carboxylic acids is 7. The predicted molar refractivity (Wildman–Crippen MR) is 287 cm³/mol. The van der Waals surface area contributed by atoms with E-state index in [-0.39, 0.29) is 53.7 Å². The van der Waals surface area contributed by atoms with Crippen molar-refractivity contribution in [3.63, 3.8) is 0 Å². The molecule has 0 spiro atoms. The number of nitro benzene ring substituents is 1. The quantitative estimate of drug-likeness (QED) is 0.0437. The van der Waals surface area contributed by atoms with Gasteiger partial charge in [0, 0.05) is 53.4 Å². The molecule has 0 aromatic heterocycles. The van der Waals surface area contributed by atoms with Crippen LogP contribution in [0.5, 0.6) is 11.5 Å². The molecule has 2 aromatic rings. The molecule has 24 heteroatoms. The molecule has 9 atom stereocenters. The summed E-state index contributed by atoms with van der Waals surface area (Å²) in [5.41, 5.74) is -0.558. The van der Waals surface area contributed by atoms with E-state index in [1.54, 1.807) is 67.3 Å². The summed E-state index contributed by atoms with van der Waals surface area (Å²) in [7, 11) is 1.94. The summed E-state index contributed by atoms with van der Waals surface area (Å²) in [4.78, 5) is 111.